The van der Waals surface area contributed by atoms with Crippen LogP contribution >= 0.6 is 34.8 Å². The molecule has 0 saturated heterocycles. The Morgan fingerprint density at radius 1 is 1.00 bits per heavy atom. The average molecular weight is 290 g/mol. The number of hydrogen-bond acceptors (Lipinski definition) is 0. The number of aryl methyl sites for hydroxylation is 1. The molecule has 0 atom stereocenters. The zero-order chi connectivity index (χ0) is 12.6. The van der Waals surface area contributed by atoms with E-state index in [9.17, 15) is 4.39 Å². The molecule has 0 saturated carbocycles. The predicted molar refractivity (Wildman–Crippen MR) is 71.6 cm³/mol. The maximum Gasteiger partial charge on any atom is 0.134 e. The molecule has 0 aliphatic carbocycles. The van der Waals surface area contributed by atoms with Crippen LogP contribution in [0.2, 0.25) is 15.1 Å². The van der Waals surface area contributed by atoms with Gasteiger partial charge in [-0.2, -0.15) is 0 Å². The average Bonchev–Trinajstić information content (AvgIpc) is 2.23. The summed E-state index contributed by atoms with van der Waals surface area (Å²) in [5.41, 5.74) is 1.40. The Hall–Kier alpha value is -0.760. The minimum absolute atomic E-state index is 0.321. The van der Waals surface area contributed by atoms with Gasteiger partial charge in [0.1, 0.15) is 5.82 Å². The predicted octanol–water partition coefficient (Wildman–Crippen LogP) is 5.76. The van der Waals surface area contributed by atoms with Crippen molar-refractivity contribution in [2.45, 2.75) is 6.92 Å². The van der Waals surface area contributed by atoms with Crippen LogP contribution in [0.5, 0.6) is 0 Å². The molecule has 2 rings (SSSR count). The van der Waals surface area contributed by atoms with Crippen molar-refractivity contribution in [3.63, 3.8) is 0 Å². The Morgan fingerprint density at radius 3 is 2.18 bits per heavy atom. The monoisotopic (exact) mass is 288 g/mol. The number of benzene rings is 2. The molecule has 0 nitrogen and oxygen atoms in total. The Morgan fingerprint density at radius 2 is 1.59 bits per heavy atom. The van der Waals surface area contributed by atoms with E-state index < -0.39 is 0 Å². The molecule has 0 N–H and O–H groups in total. The van der Waals surface area contributed by atoms with Gasteiger partial charge in [0, 0.05) is 16.1 Å². The van der Waals surface area contributed by atoms with E-state index in [1.807, 2.05) is 0 Å². The number of rotatable bonds is 1. The normalized spacial score (nSPS) is 10.6. The second kappa shape index (κ2) is 4.85. The van der Waals surface area contributed by atoms with Crippen molar-refractivity contribution in [3.8, 4) is 11.1 Å². The zero-order valence-electron chi connectivity index (χ0n) is 8.90. The van der Waals surface area contributed by atoms with E-state index in [1.54, 1.807) is 37.3 Å². The van der Waals surface area contributed by atoms with Crippen molar-refractivity contribution < 1.29 is 4.39 Å². The fraction of sp³-hybridized carbons (Fsp3) is 0.0769. The van der Waals surface area contributed by atoms with Crippen LogP contribution in [0.25, 0.3) is 11.1 Å². The molecule has 0 fully saturated rings. The molecule has 0 spiro atoms. The molecule has 0 heterocycles. The quantitative estimate of drug-likeness (QED) is 0.626. The van der Waals surface area contributed by atoms with Crippen molar-refractivity contribution in [2.75, 3.05) is 0 Å². The molecule has 0 unspecified atom stereocenters. The van der Waals surface area contributed by atoms with Crippen LogP contribution in [-0.2, 0) is 0 Å². The summed E-state index contributed by atoms with van der Waals surface area (Å²) in [6.07, 6.45) is 0. The van der Waals surface area contributed by atoms with E-state index in [1.165, 1.54) is 0 Å². The van der Waals surface area contributed by atoms with E-state index in [2.05, 4.69) is 0 Å². The first-order valence-corrected chi connectivity index (χ1v) is 6.04. The highest BCUT2D eigenvalue weighted by Gasteiger charge is 2.14. The maximum absolute atomic E-state index is 14.0. The molecular weight excluding hydrogens is 282 g/mol. The van der Waals surface area contributed by atoms with E-state index in [0.717, 1.165) is 0 Å². The summed E-state index contributed by atoms with van der Waals surface area (Å²) < 4.78 is 14.0. The van der Waals surface area contributed by atoms with Crippen LogP contribution in [0.3, 0.4) is 0 Å². The van der Waals surface area contributed by atoms with Gasteiger partial charge >= 0.3 is 0 Å². The minimum Gasteiger partial charge on any atom is -0.206 e. The third-order valence-electron chi connectivity index (χ3n) is 2.47. The first kappa shape index (κ1) is 12.7. The lowest BCUT2D eigenvalue weighted by Gasteiger charge is -2.10. The topological polar surface area (TPSA) is 0 Å². The van der Waals surface area contributed by atoms with Gasteiger partial charge in [-0.15, -0.1) is 0 Å². The molecule has 0 aromatic heterocycles. The molecule has 0 bridgehead atoms. The van der Waals surface area contributed by atoms with E-state index in [4.69, 9.17) is 34.8 Å². The Kier molecular flexibility index (Phi) is 3.62. The van der Waals surface area contributed by atoms with Crippen molar-refractivity contribution in [3.05, 3.63) is 56.8 Å². The summed E-state index contributed by atoms with van der Waals surface area (Å²) in [5, 5.41) is 1.11. The highest BCUT2D eigenvalue weighted by atomic mass is 35.5. The van der Waals surface area contributed by atoms with Gasteiger partial charge in [0.25, 0.3) is 0 Å². The van der Waals surface area contributed by atoms with Gasteiger partial charge in [0.05, 0.1) is 10.0 Å². The van der Waals surface area contributed by atoms with Gasteiger partial charge in [0.2, 0.25) is 0 Å². The van der Waals surface area contributed by atoms with Gasteiger partial charge in [-0.3, -0.25) is 0 Å². The Labute approximate surface area is 114 Å². The van der Waals surface area contributed by atoms with Gasteiger partial charge in [-0.05, 0) is 24.6 Å². The zero-order valence-corrected chi connectivity index (χ0v) is 11.2. The molecule has 0 radical (unpaired) electrons. The molecule has 17 heavy (non-hydrogen) atoms. The van der Waals surface area contributed by atoms with Gasteiger partial charge in [0.15, 0.2) is 0 Å². The van der Waals surface area contributed by atoms with Crippen molar-refractivity contribution in [2.24, 2.45) is 0 Å². The largest absolute Gasteiger partial charge is 0.206 e. The second-order valence-electron chi connectivity index (χ2n) is 3.68. The minimum atomic E-state index is -0.321. The lowest BCUT2D eigenvalue weighted by Crippen LogP contribution is -1.90. The first-order valence-electron chi connectivity index (χ1n) is 4.90. The second-order valence-corrected chi connectivity index (χ2v) is 4.93. The van der Waals surface area contributed by atoms with Crippen LogP contribution in [0.4, 0.5) is 4.39 Å². The Bertz CT molecular complexity index is 556. The molecular formula is C13H8Cl3F. The summed E-state index contributed by atoms with van der Waals surface area (Å²) in [6, 6.07) is 8.19. The number of hydrogen-bond donors (Lipinski definition) is 0. The summed E-state index contributed by atoms with van der Waals surface area (Å²) in [4.78, 5) is 0. The summed E-state index contributed by atoms with van der Waals surface area (Å²) in [7, 11) is 0. The Balaban J connectivity index is 2.73. The molecule has 0 amide bonds. The molecule has 0 aliphatic heterocycles. The van der Waals surface area contributed by atoms with Crippen LogP contribution in [0.15, 0.2) is 30.3 Å². The van der Waals surface area contributed by atoms with Crippen LogP contribution in [0.1, 0.15) is 5.56 Å². The van der Waals surface area contributed by atoms with Crippen LogP contribution in [0, 0.1) is 12.7 Å². The molecule has 2 aromatic rings. The molecule has 0 aliphatic rings. The van der Waals surface area contributed by atoms with Crippen LogP contribution < -0.4 is 0 Å². The van der Waals surface area contributed by atoms with Gasteiger partial charge in [-0.1, -0.05) is 53.0 Å². The molecule has 4 heteroatoms. The van der Waals surface area contributed by atoms with E-state index >= 15 is 0 Å². The van der Waals surface area contributed by atoms with Crippen LogP contribution in [-0.4, -0.2) is 0 Å². The van der Waals surface area contributed by atoms with Gasteiger partial charge < -0.3 is 0 Å². The summed E-state index contributed by atoms with van der Waals surface area (Å²) >= 11 is 17.9. The standard InChI is InChI=1S/C13H8Cl3F/c1-7-3-2-4-9(13(7)17)12-10(15)5-8(14)6-11(12)16/h2-6H,1H3. The third kappa shape index (κ3) is 2.42. The lowest BCUT2D eigenvalue weighted by atomic mass is 10.0. The van der Waals surface area contributed by atoms with Crippen molar-refractivity contribution >= 4 is 34.8 Å². The maximum atomic E-state index is 14.0. The fourth-order valence-corrected chi connectivity index (χ4v) is 2.66. The highest BCUT2D eigenvalue weighted by molar-refractivity contribution is 6.41. The third-order valence-corrected chi connectivity index (χ3v) is 3.28. The van der Waals surface area contributed by atoms with Crippen molar-refractivity contribution in [1.29, 1.82) is 0 Å². The molecule has 88 valence electrons. The fourth-order valence-electron chi connectivity index (χ4n) is 1.64. The van der Waals surface area contributed by atoms with E-state index in [0.29, 0.717) is 31.8 Å². The highest BCUT2D eigenvalue weighted by Crippen LogP contribution is 2.38. The SMILES string of the molecule is Cc1cccc(-c2c(Cl)cc(Cl)cc2Cl)c1F. The summed E-state index contributed by atoms with van der Waals surface area (Å²) in [6.45, 7) is 1.69. The lowest BCUT2D eigenvalue weighted by molar-refractivity contribution is 0.622. The molecule has 2 aromatic carbocycles. The van der Waals surface area contributed by atoms with Crippen molar-refractivity contribution in [1.82, 2.24) is 0 Å². The first-order chi connectivity index (χ1) is 8.00. The van der Waals surface area contributed by atoms with Gasteiger partial charge in [-0.25, -0.2) is 4.39 Å². The number of halogens is 4. The van der Waals surface area contributed by atoms with E-state index in [-0.39, 0.29) is 5.82 Å². The summed E-state index contributed by atoms with van der Waals surface area (Å²) in [5.74, 6) is -0.321. The smallest absolute Gasteiger partial charge is 0.134 e.